The number of hydrogen-bond donors (Lipinski definition) is 1. The maximum absolute atomic E-state index is 11.1. The fourth-order valence-electron chi connectivity index (χ4n) is 2.05. The fraction of sp³-hybridized carbons (Fsp3) is 0.231. The number of H-pyrrole nitrogens is 1. The lowest BCUT2D eigenvalue weighted by Crippen LogP contribution is -1.94. The Hall–Kier alpha value is -1.26. The van der Waals surface area contributed by atoms with E-state index < -0.39 is 9.05 Å². The predicted octanol–water partition coefficient (Wildman–Crippen LogP) is 3.15. The summed E-state index contributed by atoms with van der Waals surface area (Å²) in [5.41, 5.74) is 4.37. The van der Waals surface area contributed by atoms with E-state index in [4.69, 9.17) is 10.7 Å². The molecule has 0 fully saturated rings. The van der Waals surface area contributed by atoms with Crippen LogP contribution in [0.2, 0.25) is 0 Å². The standard InChI is InChI=1S/C13H14ClNO2S/c1-9-5-10(2)7-11(6-9)8-12-3-4-13(15-12)18(14,16)17/h3-7,15H,8H2,1-2H3. The van der Waals surface area contributed by atoms with Crippen molar-refractivity contribution in [2.45, 2.75) is 25.3 Å². The molecular weight excluding hydrogens is 270 g/mol. The minimum Gasteiger partial charge on any atom is -0.348 e. The number of halogens is 1. The molecule has 1 aromatic carbocycles. The molecule has 0 aliphatic carbocycles. The summed E-state index contributed by atoms with van der Waals surface area (Å²) in [5, 5.41) is 0.0449. The number of aromatic nitrogens is 1. The Morgan fingerprint density at radius 3 is 2.22 bits per heavy atom. The molecule has 0 saturated heterocycles. The first-order chi connectivity index (χ1) is 8.34. The molecule has 0 amide bonds. The Balaban J connectivity index is 2.27. The molecule has 0 atom stereocenters. The molecule has 0 aliphatic rings. The van der Waals surface area contributed by atoms with Crippen molar-refractivity contribution in [3.05, 3.63) is 52.7 Å². The van der Waals surface area contributed by atoms with Gasteiger partial charge >= 0.3 is 0 Å². The van der Waals surface area contributed by atoms with Crippen molar-refractivity contribution in [2.24, 2.45) is 0 Å². The molecule has 5 heteroatoms. The van der Waals surface area contributed by atoms with Crippen LogP contribution in [0.25, 0.3) is 0 Å². The SMILES string of the molecule is Cc1cc(C)cc(Cc2ccc(S(=O)(=O)Cl)[nH]2)c1. The van der Waals surface area contributed by atoms with E-state index in [2.05, 4.69) is 23.2 Å². The van der Waals surface area contributed by atoms with Gasteiger partial charge in [-0.1, -0.05) is 29.3 Å². The van der Waals surface area contributed by atoms with Crippen molar-refractivity contribution in [3.8, 4) is 0 Å². The van der Waals surface area contributed by atoms with Gasteiger partial charge in [0.1, 0.15) is 5.03 Å². The average Bonchev–Trinajstić information content (AvgIpc) is 2.63. The third-order valence-corrected chi connectivity index (χ3v) is 3.92. The highest BCUT2D eigenvalue weighted by Gasteiger charge is 2.12. The van der Waals surface area contributed by atoms with Crippen LogP contribution in [0.5, 0.6) is 0 Å². The summed E-state index contributed by atoms with van der Waals surface area (Å²) in [6.07, 6.45) is 0.662. The third-order valence-electron chi connectivity index (χ3n) is 2.66. The number of aryl methyl sites for hydroxylation is 2. The molecule has 1 N–H and O–H groups in total. The van der Waals surface area contributed by atoms with Crippen LogP contribution in [0, 0.1) is 13.8 Å². The summed E-state index contributed by atoms with van der Waals surface area (Å²) in [6.45, 7) is 4.08. The first-order valence-corrected chi connectivity index (χ1v) is 7.85. The molecule has 0 bridgehead atoms. The molecule has 96 valence electrons. The molecule has 2 aromatic rings. The summed E-state index contributed by atoms with van der Waals surface area (Å²) < 4.78 is 22.3. The number of aromatic amines is 1. The van der Waals surface area contributed by atoms with E-state index in [1.54, 1.807) is 6.07 Å². The lowest BCUT2D eigenvalue weighted by Gasteiger charge is -2.03. The van der Waals surface area contributed by atoms with Gasteiger partial charge < -0.3 is 4.98 Å². The van der Waals surface area contributed by atoms with Crippen molar-refractivity contribution in [1.82, 2.24) is 4.98 Å². The molecule has 0 radical (unpaired) electrons. The van der Waals surface area contributed by atoms with Crippen molar-refractivity contribution in [3.63, 3.8) is 0 Å². The molecule has 2 rings (SSSR count). The zero-order valence-corrected chi connectivity index (χ0v) is 11.8. The van der Waals surface area contributed by atoms with E-state index in [0.717, 1.165) is 11.3 Å². The Bertz CT molecular complexity index is 654. The van der Waals surface area contributed by atoms with Crippen LogP contribution < -0.4 is 0 Å². The summed E-state index contributed by atoms with van der Waals surface area (Å²) in [6, 6.07) is 9.51. The Morgan fingerprint density at radius 1 is 1.11 bits per heavy atom. The lowest BCUT2D eigenvalue weighted by atomic mass is 10.0. The van der Waals surface area contributed by atoms with E-state index in [-0.39, 0.29) is 5.03 Å². The van der Waals surface area contributed by atoms with Gasteiger partial charge in [0, 0.05) is 22.8 Å². The third kappa shape index (κ3) is 3.15. The minimum absolute atomic E-state index is 0.0449. The topological polar surface area (TPSA) is 49.9 Å². The van der Waals surface area contributed by atoms with Crippen LogP contribution in [0.1, 0.15) is 22.4 Å². The van der Waals surface area contributed by atoms with Gasteiger partial charge in [0.25, 0.3) is 9.05 Å². The second kappa shape index (κ2) is 4.78. The molecule has 0 spiro atoms. The van der Waals surface area contributed by atoms with Gasteiger partial charge in [-0.05, 0) is 31.5 Å². The molecule has 0 saturated carbocycles. The molecule has 18 heavy (non-hydrogen) atoms. The van der Waals surface area contributed by atoms with Crippen LogP contribution in [0.4, 0.5) is 0 Å². The molecule has 1 heterocycles. The summed E-state index contributed by atoms with van der Waals surface area (Å²) >= 11 is 0. The Morgan fingerprint density at radius 2 is 1.72 bits per heavy atom. The molecule has 1 aromatic heterocycles. The van der Waals surface area contributed by atoms with Gasteiger partial charge in [-0.15, -0.1) is 0 Å². The Kier molecular flexibility index (Phi) is 3.50. The average molecular weight is 284 g/mol. The van der Waals surface area contributed by atoms with Gasteiger partial charge in [-0.2, -0.15) is 0 Å². The van der Waals surface area contributed by atoms with E-state index in [1.807, 2.05) is 13.8 Å². The van der Waals surface area contributed by atoms with Gasteiger partial charge in [-0.25, -0.2) is 8.42 Å². The van der Waals surface area contributed by atoms with Crippen LogP contribution in [-0.4, -0.2) is 13.4 Å². The number of hydrogen-bond acceptors (Lipinski definition) is 2. The van der Waals surface area contributed by atoms with Crippen LogP contribution in [0.3, 0.4) is 0 Å². The minimum atomic E-state index is -3.67. The van der Waals surface area contributed by atoms with E-state index in [9.17, 15) is 8.42 Å². The normalized spacial score (nSPS) is 11.7. The molecule has 0 unspecified atom stereocenters. The monoisotopic (exact) mass is 283 g/mol. The van der Waals surface area contributed by atoms with Crippen LogP contribution >= 0.6 is 10.7 Å². The number of benzene rings is 1. The quantitative estimate of drug-likeness (QED) is 0.880. The van der Waals surface area contributed by atoms with E-state index >= 15 is 0 Å². The largest absolute Gasteiger partial charge is 0.348 e. The predicted molar refractivity (Wildman–Crippen MR) is 72.6 cm³/mol. The first-order valence-electron chi connectivity index (χ1n) is 5.54. The summed E-state index contributed by atoms with van der Waals surface area (Å²) in [4.78, 5) is 2.82. The van der Waals surface area contributed by atoms with Gasteiger partial charge in [-0.3, -0.25) is 0 Å². The number of rotatable bonds is 3. The summed E-state index contributed by atoms with van der Waals surface area (Å²) in [7, 11) is 1.59. The van der Waals surface area contributed by atoms with Crippen molar-refractivity contribution in [1.29, 1.82) is 0 Å². The van der Waals surface area contributed by atoms with E-state index in [1.165, 1.54) is 17.2 Å². The zero-order valence-electron chi connectivity index (χ0n) is 10.2. The maximum atomic E-state index is 11.1. The van der Waals surface area contributed by atoms with E-state index in [0.29, 0.717) is 6.42 Å². The second-order valence-electron chi connectivity index (χ2n) is 4.46. The first kappa shape index (κ1) is 13.2. The Labute approximate surface area is 111 Å². The lowest BCUT2D eigenvalue weighted by molar-refractivity contribution is 0.606. The molecular formula is C13H14ClNO2S. The van der Waals surface area contributed by atoms with Crippen LogP contribution in [-0.2, 0) is 15.5 Å². The van der Waals surface area contributed by atoms with Gasteiger partial charge in [0.15, 0.2) is 0 Å². The van der Waals surface area contributed by atoms with Crippen molar-refractivity contribution >= 4 is 19.7 Å². The van der Waals surface area contributed by atoms with Crippen LogP contribution in [0.15, 0.2) is 35.4 Å². The molecule has 0 aliphatic heterocycles. The summed E-state index contributed by atoms with van der Waals surface area (Å²) in [5.74, 6) is 0. The smallest absolute Gasteiger partial charge is 0.276 e. The van der Waals surface area contributed by atoms with Gasteiger partial charge in [0.05, 0.1) is 0 Å². The highest BCUT2D eigenvalue weighted by molar-refractivity contribution is 8.13. The highest BCUT2D eigenvalue weighted by Crippen LogP contribution is 2.17. The van der Waals surface area contributed by atoms with Crippen molar-refractivity contribution in [2.75, 3.05) is 0 Å². The number of nitrogens with one attached hydrogen (secondary N) is 1. The maximum Gasteiger partial charge on any atom is 0.276 e. The zero-order chi connectivity index (χ0) is 13.3. The molecule has 3 nitrogen and oxygen atoms in total. The second-order valence-corrected chi connectivity index (χ2v) is 6.99. The van der Waals surface area contributed by atoms with Gasteiger partial charge in [0.2, 0.25) is 0 Å². The van der Waals surface area contributed by atoms with Crippen molar-refractivity contribution < 1.29 is 8.42 Å². The fourth-order valence-corrected chi connectivity index (χ4v) is 2.81. The highest BCUT2D eigenvalue weighted by atomic mass is 35.7.